The highest BCUT2D eigenvalue weighted by Crippen LogP contribution is 2.35. The van der Waals surface area contributed by atoms with Crippen molar-refractivity contribution in [2.24, 2.45) is 0 Å². The molecule has 34 heavy (non-hydrogen) atoms. The SMILES string of the molecule is CCCCCOc1cccc(C(=O)N(Cc2cccnc2)c2nc3c(C(C)C)cccc3s2)c1. The molecule has 0 N–H and O–H groups in total. The molecule has 0 aliphatic carbocycles. The summed E-state index contributed by atoms with van der Waals surface area (Å²) in [6.07, 6.45) is 6.81. The highest BCUT2D eigenvalue weighted by molar-refractivity contribution is 7.22. The number of aromatic nitrogens is 2. The van der Waals surface area contributed by atoms with E-state index in [0.717, 1.165) is 40.8 Å². The van der Waals surface area contributed by atoms with Crippen molar-refractivity contribution in [1.29, 1.82) is 0 Å². The zero-order valence-electron chi connectivity index (χ0n) is 20.0. The van der Waals surface area contributed by atoms with E-state index >= 15 is 0 Å². The number of hydrogen-bond acceptors (Lipinski definition) is 5. The van der Waals surface area contributed by atoms with E-state index in [-0.39, 0.29) is 5.91 Å². The lowest BCUT2D eigenvalue weighted by molar-refractivity contribution is 0.0984. The topological polar surface area (TPSA) is 55.3 Å². The molecule has 2 aromatic heterocycles. The Morgan fingerprint density at radius 3 is 2.71 bits per heavy atom. The molecule has 0 atom stereocenters. The number of fused-ring (bicyclic) bond motifs is 1. The minimum Gasteiger partial charge on any atom is -0.494 e. The highest BCUT2D eigenvalue weighted by atomic mass is 32.1. The van der Waals surface area contributed by atoms with Crippen LogP contribution in [0.2, 0.25) is 0 Å². The number of ether oxygens (including phenoxy) is 1. The first kappa shape index (κ1) is 23.9. The number of anilines is 1. The summed E-state index contributed by atoms with van der Waals surface area (Å²) < 4.78 is 6.98. The Kier molecular flexibility index (Phi) is 7.91. The van der Waals surface area contributed by atoms with Crippen LogP contribution in [0, 0.1) is 0 Å². The van der Waals surface area contributed by atoms with Crippen molar-refractivity contribution in [2.45, 2.75) is 52.5 Å². The van der Waals surface area contributed by atoms with E-state index in [2.05, 4.69) is 44.0 Å². The van der Waals surface area contributed by atoms with Crippen LogP contribution in [-0.2, 0) is 6.54 Å². The Morgan fingerprint density at radius 2 is 1.94 bits per heavy atom. The molecule has 5 nitrogen and oxygen atoms in total. The fraction of sp³-hybridized carbons (Fsp3) is 0.321. The summed E-state index contributed by atoms with van der Waals surface area (Å²) in [7, 11) is 0. The van der Waals surface area contributed by atoms with Gasteiger partial charge >= 0.3 is 0 Å². The van der Waals surface area contributed by atoms with E-state index in [4.69, 9.17) is 9.72 Å². The normalized spacial score (nSPS) is 11.2. The van der Waals surface area contributed by atoms with Gasteiger partial charge < -0.3 is 4.74 Å². The summed E-state index contributed by atoms with van der Waals surface area (Å²) in [5, 5.41) is 0.686. The number of thiazole rings is 1. The van der Waals surface area contributed by atoms with E-state index in [0.29, 0.717) is 29.8 Å². The minimum atomic E-state index is -0.104. The zero-order valence-corrected chi connectivity index (χ0v) is 20.8. The van der Waals surface area contributed by atoms with Gasteiger partial charge in [0.1, 0.15) is 5.75 Å². The van der Waals surface area contributed by atoms with Crippen LogP contribution in [0.15, 0.2) is 67.0 Å². The second-order valence-electron chi connectivity index (χ2n) is 8.68. The molecule has 0 spiro atoms. The fourth-order valence-corrected chi connectivity index (χ4v) is 4.85. The van der Waals surface area contributed by atoms with Gasteiger partial charge in [-0.1, -0.05) is 69.2 Å². The molecule has 2 aromatic carbocycles. The highest BCUT2D eigenvalue weighted by Gasteiger charge is 2.23. The zero-order chi connectivity index (χ0) is 23.9. The quantitative estimate of drug-likeness (QED) is 0.228. The first-order valence-corrected chi connectivity index (χ1v) is 12.7. The lowest BCUT2D eigenvalue weighted by Gasteiger charge is -2.20. The molecular weight excluding hydrogens is 442 g/mol. The van der Waals surface area contributed by atoms with Crippen molar-refractivity contribution in [3.05, 3.63) is 83.7 Å². The average molecular weight is 474 g/mol. The first-order chi connectivity index (χ1) is 16.6. The number of pyridine rings is 1. The molecule has 0 bridgehead atoms. The van der Waals surface area contributed by atoms with Gasteiger partial charge in [0.05, 0.1) is 23.4 Å². The van der Waals surface area contributed by atoms with Crippen LogP contribution < -0.4 is 9.64 Å². The number of unbranched alkanes of at least 4 members (excludes halogenated alkanes) is 2. The van der Waals surface area contributed by atoms with Gasteiger partial charge in [0, 0.05) is 18.0 Å². The van der Waals surface area contributed by atoms with E-state index in [1.165, 1.54) is 5.56 Å². The Balaban J connectivity index is 1.68. The number of nitrogens with zero attached hydrogens (tertiary/aromatic N) is 3. The third-order valence-corrected chi connectivity index (χ3v) is 6.74. The van der Waals surface area contributed by atoms with Crippen molar-refractivity contribution in [2.75, 3.05) is 11.5 Å². The van der Waals surface area contributed by atoms with Crippen molar-refractivity contribution >= 4 is 32.6 Å². The number of rotatable bonds is 10. The largest absolute Gasteiger partial charge is 0.494 e. The maximum atomic E-state index is 13.8. The standard InChI is InChI=1S/C28H31N3O2S/c1-4-5-6-16-33-23-12-7-11-22(17-23)27(32)31(19-21-10-9-15-29-18-21)28-30-26-24(20(2)3)13-8-14-25(26)34-28/h7-15,17-18,20H,4-6,16,19H2,1-3H3. The number of hydrogen-bond donors (Lipinski definition) is 0. The summed E-state index contributed by atoms with van der Waals surface area (Å²) in [5.41, 5.74) is 3.69. The second-order valence-corrected chi connectivity index (χ2v) is 9.69. The molecule has 0 saturated heterocycles. The molecule has 0 aliphatic heterocycles. The van der Waals surface area contributed by atoms with Crippen LogP contribution in [0.25, 0.3) is 10.2 Å². The van der Waals surface area contributed by atoms with Gasteiger partial charge in [0.2, 0.25) is 0 Å². The second kappa shape index (κ2) is 11.3. The van der Waals surface area contributed by atoms with Crippen LogP contribution in [0.1, 0.15) is 67.4 Å². The number of carbonyl (C=O) groups excluding carboxylic acids is 1. The third-order valence-electron chi connectivity index (χ3n) is 5.70. The van der Waals surface area contributed by atoms with Crippen LogP contribution in [0.5, 0.6) is 5.75 Å². The summed E-state index contributed by atoms with van der Waals surface area (Å²) in [4.78, 5) is 24.7. The maximum absolute atomic E-state index is 13.8. The fourth-order valence-electron chi connectivity index (χ4n) is 3.86. The molecule has 176 valence electrons. The van der Waals surface area contributed by atoms with Gasteiger partial charge in [-0.2, -0.15) is 0 Å². The number of amides is 1. The van der Waals surface area contributed by atoms with Crippen molar-refractivity contribution < 1.29 is 9.53 Å². The van der Waals surface area contributed by atoms with E-state index in [9.17, 15) is 4.79 Å². The third kappa shape index (κ3) is 5.62. The molecule has 0 radical (unpaired) electrons. The Morgan fingerprint density at radius 1 is 1.09 bits per heavy atom. The molecule has 4 aromatic rings. The van der Waals surface area contributed by atoms with Crippen molar-refractivity contribution in [3.63, 3.8) is 0 Å². The molecule has 0 fully saturated rings. The van der Waals surface area contributed by atoms with Gasteiger partial charge in [-0.3, -0.25) is 14.7 Å². The number of benzene rings is 2. The van der Waals surface area contributed by atoms with Crippen molar-refractivity contribution in [3.8, 4) is 5.75 Å². The summed E-state index contributed by atoms with van der Waals surface area (Å²) in [6, 6.07) is 17.6. The smallest absolute Gasteiger partial charge is 0.260 e. The Hall–Kier alpha value is -3.25. The molecule has 0 unspecified atom stereocenters. The van der Waals surface area contributed by atoms with E-state index in [1.807, 2.05) is 36.4 Å². The monoisotopic (exact) mass is 473 g/mol. The Labute approximate surface area is 205 Å². The number of para-hydroxylation sites is 1. The summed E-state index contributed by atoms with van der Waals surface area (Å²) in [6.45, 7) is 7.55. The van der Waals surface area contributed by atoms with Gasteiger partial charge in [-0.15, -0.1) is 0 Å². The van der Waals surface area contributed by atoms with E-state index < -0.39 is 0 Å². The van der Waals surface area contributed by atoms with Gasteiger partial charge in [0.15, 0.2) is 5.13 Å². The van der Waals surface area contributed by atoms with Crippen LogP contribution >= 0.6 is 11.3 Å². The molecule has 0 saturated carbocycles. The molecule has 1 amide bonds. The number of carbonyl (C=O) groups is 1. The lowest BCUT2D eigenvalue weighted by Crippen LogP contribution is -2.30. The van der Waals surface area contributed by atoms with Gasteiger partial charge in [0.25, 0.3) is 5.91 Å². The molecular formula is C28H31N3O2S. The molecule has 4 rings (SSSR count). The van der Waals surface area contributed by atoms with Gasteiger partial charge in [-0.25, -0.2) is 4.98 Å². The van der Waals surface area contributed by atoms with Crippen molar-refractivity contribution in [1.82, 2.24) is 9.97 Å². The molecule has 2 heterocycles. The Bertz CT molecular complexity index is 1240. The van der Waals surface area contributed by atoms with Crippen LogP contribution in [0.4, 0.5) is 5.13 Å². The van der Waals surface area contributed by atoms with Crippen LogP contribution in [0.3, 0.4) is 0 Å². The first-order valence-electron chi connectivity index (χ1n) is 11.9. The summed E-state index contributed by atoms with van der Waals surface area (Å²) in [5.74, 6) is 0.963. The average Bonchev–Trinajstić information content (AvgIpc) is 3.29. The van der Waals surface area contributed by atoms with E-state index in [1.54, 1.807) is 28.6 Å². The minimum absolute atomic E-state index is 0.104. The lowest BCUT2D eigenvalue weighted by atomic mass is 10.0. The predicted molar refractivity (Wildman–Crippen MR) is 140 cm³/mol. The van der Waals surface area contributed by atoms with Gasteiger partial charge in [-0.05, 0) is 53.8 Å². The molecule has 6 heteroatoms. The maximum Gasteiger partial charge on any atom is 0.260 e. The van der Waals surface area contributed by atoms with Crippen LogP contribution in [-0.4, -0.2) is 22.5 Å². The predicted octanol–water partition coefficient (Wildman–Crippen LogP) is 7.23. The summed E-state index contributed by atoms with van der Waals surface area (Å²) >= 11 is 1.55. The molecule has 0 aliphatic rings.